The van der Waals surface area contributed by atoms with E-state index in [0.29, 0.717) is 29.8 Å². The first-order valence-electron chi connectivity index (χ1n) is 13.6. The topological polar surface area (TPSA) is 98.0 Å². The lowest BCUT2D eigenvalue weighted by Gasteiger charge is -2.50. The molecular weight excluding hydrogens is 474 g/mol. The number of benzene rings is 1. The zero-order valence-electron chi connectivity index (χ0n) is 22.1. The lowest BCUT2D eigenvalue weighted by Crippen LogP contribution is -2.57. The van der Waals surface area contributed by atoms with Gasteiger partial charge in [-0.3, -0.25) is 9.59 Å². The van der Waals surface area contributed by atoms with Gasteiger partial charge < -0.3 is 20.4 Å². The summed E-state index contributed by atoms with van der Waals surface area (Å²) in [5.74, 6) is -0.848. The second-order valence-corrected chi connectivity index (χ2v) is 11.5. The molecular formula is C32H35N3O3. The van der Waals surface area contributed by atoms with Gasteiger partial charge in [0.1, 0.15) is 5.41 Å². The summed E-state index contributed by atoms with van der Waals surface area (Å²) in [5.41, 5.74) is 3.73. The third kappa shape index (κ3) is 3.50. The van der Waals surface area contributed by atoms with E-state index in [1.165, 1.54) is 0 Å². The van der Waals surface area contributed by atoms with Gasteiger partial charge in [0, 0.05) is 40.7 Å². The van der Waals surface area contributed by atoms with Gasteiger partial charge in [-0.15, -0.1) is 0 Å². The van der Waals surface area contributed by atoms with Crippen molar-refractivity contribution in [2.75, 3.05) is 0 Å². The van der Waals surface area contributed by atoms with Crippen LogP contribution >= 0.6 is 0 Å². The summed E-state index contributed by atoms with van der Waals surface area (Å²) in [5, 5.41) is 16.1. The molecule has 1 aromatic carbocycles. The molecule has 6 nitrogen and oxygen atoms in total. The minimum Gasteiger partial charge on any atom is -0.388 e. The molecule has 2 bridgehead atoms. The highest BCUT2D eigenvalue weighted by Gasteiger charge is 2.66. The Bertz CT molecular complexity index is 1510. The molecule has 1 aliphatic carbocycles. The molecule has 1 amide bonds. The van der Waals surface area contributed by atoms with Gasteiger partial charge >= 0.3 is 0 Å². The number of rotatable bonds is 2. The zero-order chi connectivity index (χ0) is 26.8. The highest BCUT2D eigenvalue weighted by atomic mass is 16.3. The number of ketones is 1. The van der Waals surface area contributed by atoms with Crippen molar-refractivity contribution in [1.82, 2.24) is 15.3 Å². The first-order valence-corrected chi connectivity index (χ1v) is 13.6. The summed E-state index contributed by atoms with van der Waals surface area (Å²) >= 11 is 0. The average molecular weight is 510 g/mol. The Morgan fingerprint density at radius 3 is 2.74 bits per heavy atom. The summed E-state index contributed by atoms with van der Waals surface area (Å²) < 4.78 is 0. The maximum absolute atomic E-state index is 14.3. The Labute approximate surface area is 222 Å². The maximum atomic E-state index is 14.3. The number of hydrogen-bond acceptors (Lipinski definition) is 3. The number of amides is 1. The lowest BCUT2D eigenvalue weighted by atomic mass is 9.52. The van der Waals surface area contributed by atoms with Gasteiger partial charge in [0.25, 0.3) is 0 Å². The average Bonchev–Trinajstić information content (AvgIpc) is 3.61. The van der Waals surface area contributed by atoms with Crippen molar-refractivity contribution in [2.45, 2.75) is 51.2 Å². The Balaban J connectivity index is 1.53. The first kappa shape index (κ1) is 24.7. The molecule has 38 heavy (non-hydrogen) atoms. The Hall–Kier alpha value is -3.64. The number of nitrogens with one attached hydrogen (secondary N) is 3. The van der Waals surface area contributed by atoms with Gasteiger partial charge in [-0.1, -0.05) is 56.9 Å². The normalized spacial score (nSPS) is 34.6. The minimum atomic E-state index is -1.06. The summed E-state index contributed by atoms with van der Waals surface area (Å²) in [6.07, 6.45) is 8.57. The number of para-hydroxylation sites is 1. The van der Waals surface area contributed by atoms with Crippen LogP contribution in [0, 0.1) is 23.7 Å². The van der Waals surface area contributed by atoms with Crippen LogP contribution in [0.25, 0.3) is 10.9 Å². The molecule has 6 rings (SSSR count). The van der Waals surface area contributed by atoms with Crippen LogP contribution in [0.3, 0.4) is 0 Å². The van der Waals surface area contributed by atoms with Crippen LogP contribution in [0.2, 0.25) is 0 Å². The predicted molar refractivity (Wildman–Crippen MR) is 149 cm³/mol. The number of allylic oxidation sites excluding steroid dienone is 3. The van der Waals surface area contributed by atoms with Crippen LogP contribution in [-0.2, 0) is 16.6 Å². The second kappa shape index (κ2) is 8.98. The lowest BCUT2D eigenvalue weighted by molar-refractivity contribution is -0.129. The van der Waals surface area contributed by atoms with E-state index in [1.54, 1.807) is 6.07 Å². The molecule has 7 atom stereocenters. The molecule has 3 aliphatic rings. The summed E-state index contributed by atoms with van der Waals surface area (Å²) in [6.45, 7) is 10.3. The molecule has 0 unspecified atom stereocenters. The van der Waals surface area contributed by atoms with E-state index in [-0.39, 0.29) is 35.5 Å². The molecule has 1 spiro atoms. The van der Waals surface area contributed by atoms with Crippen molar-refractivity contribution in [3.8, 4) is 0 Å². The molecule has 1 saturated carbocycles. The van der Waals surface area contributed by atoms with Crippen molar-refractivity contribution in [3.05, 3.63) is 95.5 Å². The molecule has 2 aromatic heterocycles. The number of aliphatic hydroxyl groups excluding tert-OH is 1. The van der Waals surface area contributed by atoms with Gasteiger partial charge in [-0.2, -0.15) is 0 Å². The number of aromatic nitrogens is 2. The van der Waals surface area contributed by atoms with Crippen molar-refractivity contribution in [3.63, 3.8) is 0 Å². The fourth-order valence-electron chi connectivity index (χ4n) is 7.39. The molecule has 0 radical (unpaired) electrons. The Kier molecular flexibility index (Phi) is 5.84. The number of carbonyl (C=O) groups excluding carboxylic acids is 2. The van der Waals surface area contributed by atoms with E-state index in [0.717, 1.165) is 22.0 Å². The van der Waals surface area contributed by atoms with Crippen LogP contribution in [0.15, 0.2) is 78.5 Å². The van der Waals surface area contributed by atoms with E-state index >= 15 is 0 Å². The van der Waals surface area contributed by atoms with E-state index < -0.39 is 17.4 Å². The molecule has 6 heteroatoms. The number of aromatic amines is 2. The molecule has 1 saturated heterocycles. The van der Waals surface area contributed by atoms with E-state index in [2.05, 4.69) is 53.9 Å². The van der Waals surface area contributed by atoms with Gasteiger partial charge in [0.2, 0.25) is 11.7 Å². The summed E-state index contributed by atoms with van der Waals surface area (Å²) in [4.78, 5) is 34.3. The highest BCUT2D eigenvalue weighted by molar-refractivity contribution is 6.07. The van der Waals surface area contributed by atoms with Crippen LogP contribution in [0.1, 0.15) is 48.9 Å². The van der Waals surface area contributed by atoms with Crippen LogP contribution < -0.4 is 5.32 Å². The summed E-state index contributed by atoms with van der Waals surface area (Å²) in [7, 11) is 0. The molecule has 196 valence electrons. The number of H-pyrrole nitrogens is 2. The predicted octanol–water partition coefficient (Wildman–Crippen LogP) is 5.00. The number of Topliss-reactive ketones (excluding diaryl/α,β-unsaturated/α-hetero) is 1. The van der Waals surface area contributed by atoms with Gasteiger partial charge in [0.05, 0.1) is 11.8 Å². The zero-order valence-corrected chi connectivity index (χ0v) is 22.1. The van der Waals surface area contributed by atoms with Crippen molar-refractivity contribution >= 4 is 22.6 Å². The number of carbonyl (C=O) groups is 2. The van der Waals surface area contributed by atoms with Crippen LogP contribution in [-0.4, -0.2) is 38.9 Å². The quantitative estimate of drug-likeness (QED) is 0.366. The van der Waals surface area contributed by atoms with E-state index in [1.807, 2.05) is 43.5 Å². The van der Waals surface area contributed by atoms with E-state index in [4.69, 9.17) is 0 Å². The highest BCUT2D eigenvalue weighted by Crippen LogP contribution is 2.56. The van der Waals surface area contributed by atoms with Crippen molar-refractivity contribution < 1.29 is 14.7 Å². The van der Waals surface area contributed by atoms with E-state index in [9.17, 15) is 14.7 Å². The minimum absolute atomic E-state index is 0.0697. The Morgan fingerprint density at radius 1 is 1.13 bits per heavy atom. The van der Waals surface area contributed by atoms with Crippen molar-refractivity contribution in [1.29, 1.82) is 0 Å². The molecule has 2 aliphatic heterocycles. The van der Waals surface area contributed by atoms with Gasteiger partial charge in [-0.05, 0) is 66.5 Å². The third-order valence-electron chi connectivity index (χ3n) is 9.26. The van der Waals surface area contributed by atoms with Crippen molar-refractivity contribution in [2.24, 2.45) is 23.7 Å². The third-order valence-corrected chi connectivity index (χ3v) is 9.26. The number of hydrogen-bond donors (Lipinski definition) is 4. The number of aliphatic hydroxyl groups is 1. The monoisotopic (exact) mass is 509 g/mol. The molecule has 3 aromatic rings. The smallest absolute Gasteiger partial charge is 0.233 e. The van der Waals surface area contributed by atoms with Crippen LogP contribution in [0.4, 0.5) is 0 Å². The molecule has 2 fully saturated rings. The largest absolute Gasteiger partial charge is 0.388 e. The molecule has 4 N–H and O–H groups in total. The maximum Gasteiger partial charge on any atom is 0.233 e. The fraction of sp³-hybridized carbons (Fsp3) is 0.375. The van der Waals surface area contributed by atoms with Gasteiger partial charge in [-0.25, -0.2) is 0 Å². The number of fused-ring (bicyclic) bond motifs is 3. The van der Waals surface area contributed by atoms with Crippen LogP contribution in [0.5, 0.6) is 0 Å². The standard InChI is InChI=1S/C32H35N3O3/c1-17-8-7-10-23-30(37)20(4)19(3)28-26(15-21-16-33-24-11-6-5-9-22(21)24)35-31(38)32(23,28)27-13-12-25(34-27)29(36)18(2)14-17/h5-7,9-14,16-17,19,23,26,28,30,33-34,37H,4,8,15H2,1-3H3,(H,35,38)/b10-7?,18-14-/t17-,19+,23-,26-,28-,30+,32+/m0/s1. The summed E-state index contributed by atoms with van der Waals surface area (Å²) in [6, 6.07) is 11.7. The van der Waals surface area contributed by atoms with Gasteiger partial charge in [0.15, 0.2) is 0 Å². The SMILES string of the molecule is C=C1[C@@H](C)[C@H]2[C@H](Cc3c[nH]c4ccccc34)NC(=O)[C@]23c2ccc([nH]2)C(=O)/C(C)=C\[C@@H](C)CC=C[C@H]3[C@@H]1O. The molecule has 4 heterocycles. The first-order chi connectivity index (χ1) is 18.2. The second-order valence-electron chi connectivity index (χ2n) is 11.5. The fourth-order valence-corrected chi connectivity index (χ4v) is 7.39. The Morgan fingerprint density at radius 2 is 1.92 bits per heavy atom.